The van der Waals surface area contributed by atoms with Crippen molar-refractivity contribution in [2.75, 3.05) is 10.6 Å². The summed E-state index contributed by atoms with van der Waals surface area (Å²) in [5.41, 5.74) is 1.62. The molecule has 0 unspecified atom stereocenters. The third-order valence-corrected chi connectivity index (χ3v) is 3.54. The number of carbonyl (C=O) groups excluding carboxylic acids is 1. The van der Waals surface area contributed by atoms with Crippen molar-refractivity contribution in [1.82, 2.24) is 10.2 Å². The lowest BCUT2D eigenvalue weighted by Crippen LogP contribution is -2.13. The Labute approximate surface area is 144 Å². The van der Waals surface area contributed by atoms with Crippen molar-refractivity contribution in [3.63, 3.8) is 0 Å². The molecule has 0 fully saturated rings. The number of amides is 1. The summed E-state index contributed by atoms with van der Waals surface area (Å²) in [4.78, 5) is 12.1. The van der Waals surface area contributed by atoms with Crippen LogP contribution in [0.1, 0.15) is 15.9 Å². The molecule has 3 aromatic rings. The van der Waals surface area contributed by atoms with Crippen LogP contribution in [-0.2, 0) is 6.54 Å². The lowest BCUT2D eigenvalue weighted by Gasteiger charge is -2.07. The van der Waals surface area contributed by atoms with Gasteiger partial charge in [0.2, 0.25) is 0 Å². The molecule has 2 N–H and O–H groups in total. The molecule has 24 heavy (non-hydrogen) atoms. The highest BCUT2D eigenvalue weighted by molar-refractivity contribution is 6.31. The molecule has 0 atom stereocenters. The van der Waals surface area contributed by atoms with E-state index in [1.807, 2.05) is 30.3 Å². The minimum Gasteiger partial charge on any atom is -0.365 e. The number of nitrogens with zero attached hydrogens (tertiary/aromatic N) is 2. The first kappa shape index (κ1) is 16.0. The molecule has 0 bridgehead atoms. The largest absolute Gasteiger partial charge is 0.365 e. The molecule has 0 saturated heterocycles. The fourth-order valence-corrected chi connectivity index (χ4v) is 2.29. The minimum absolute atomic E-state index is 0.281. The number of benzene rings is 2. The molecule has 0 aliphatic heterocycles. The standard InChI is InChI=1S/C18H15ClN4O/c19-15-8-4-7-14(11-15)18(24)21-17-10-9-16(22-23-17)20-12-13-5-2-1-3-6-13/h1-11H,12H2,(H,20,22)(H,21,23,24). The van der Waals surface area contributed by atoms with Crippen LogP contribution in [-0.4, -0.2) is 16.1 Å². The lowest BCUT2D eigenvalue weighted by atomic mass is 10.2. The van der Waals surface area contributed by atoms with Gasteiger partial charge < -0.3 is 10.6 Å². The monoisotopic (exact) mass is 338 g/mol. The Morgan fingerprint density at radius 3 is 2.38 bits per heavy atom. The van der Waals surface area contributed by atoms with Gasteiger partial charge in [-0.1, -0.05) is 48.0 Å². The second-order valence-electron chi connectivity index (χ2n) is 5.11. The summed E-state index contributed by atoms with van der Waals surface area (Å²) in [6.07, 6.45) is 0. The first-order valence-corrected chi connectivity index (χ1v) is 7.77. The zero-order valence-corrected chi connectivity index (χ0v) is 13.5. The predicted octanol–water partition coefficient (Wildman–Crippen LogP) is 3.99. The minimum atomic E-state index is -0.281. The summed E-state index contributed by atoms with van der Waals surface area (Å²) in [5, 5.41) is 14.4. The predicted molar refractivity (Wildman–Crippen MR) is 95.2 cm³/mol. The van der Waals surface area contributed by atoms with Gasteiger partial charge in [0.15, 0.2) is 5.82 Å². The van der Waals surface area contributed by atoms with E-state index in [9.17, 15) is 4.79 Å². The highest BCUT2D eigenvalue weighted by Gasteiger charge is 2.07. The van der Waals surface area contributed by atoms with E-state index in [0.29, 0.717) is 28.8 Å². The summed E-state index contributed by atoms with van der Waals surface area (Å²) in [7, 11) is 0. The van der Waals surface area contributed by atoms with Gasteiger partial charge >= 0.3 is 0 Å². The van der Waals surface area contributed by atoms with Gasteiger partial charge in [0.05, 0.1) is 0 Å². The molecule has 1 amide bonds. The van der Waals surface area contributed by atoms with Crippen LogP contribution in [0.25, 0.3) is 0 Å². The van der Waals surface area contributed by atoms with Crippen LogP contribution in [0.15, 0.2) is 66.7 Å². The van der Waals surface area contributed by atoms with Gasteiger partial charge in [-0.3, -0.25) is 4.79 Å². The van der Waals surface area contributed by atoms with Crippen LogP contribution < -0.4 is 10.6 Å². The van der Waals surface area contributed by atoms with Crippen molar-refractivity contribution in [3.05, 3.63) is 82.9 Å². The summed E-state index contributed by atoms with van der Waals surface area (Å²) in [6.45, 7) is 0.656. The zero-order chi connectivity index (χ0) is 16.8. The maximum absolute atomic E-state index is 12.1. The van der Waals surface area contributed by atoms with E-state index in [1.54, 1.807) is 36.4 Å². The van der Waals surface area contributed by atoms with Gasteiger partial charge in [0.25, 0.3) is 5.91 Å². The normalized spacial score (nSPS) is 10.2. The molecular weight excluding hydrogens is 324 g/mol. The van der Waals surface area contributed by atoms with Crippen molar-refractivity contribution >= 4 is 29.1 Å². The quantitative estimate of drug-likeness (QED) is 0.738. The van der Waals surface area contributed by atoms with Crippen molar-refractivity contribution in [1.29, 1.82) is 0 Å². The molecule has 0 saturated carbocycles. The fourth-order valence-electron chi connectivity index (χ4n) is 2.10. The first-order chi connectivity index (χ1) is 11.7. The Morgan fingerprint density at radius 2 is 1.67 bits per heavy atom. The van der Waals surface area contributed by atoms with Crippen LogP contribution in [0.4, 0.5) is 11.6 Å². The Kier molecular flexibility index (Phi) is 5.03. The Balaban J connectivity index is 1.59. The smallest absolute Gasteiger partial charge is 0.256 e. The van der Waals surface area contributed by atoms with Crippen LogP contribution >= 0.6 is 11.6 Å². The lowest BCUT2D eigenvalue weighted by molar-refractivity contribution is 0.102. The highest BCUT2D eigenvalue weighted by Crippen LogP contribution is 2.13. The molecule has 3 rings (SSSR count). The molecule has 0 aliphatic rings. The summed E-state index contributed by atoms with van der Waals surface area (Å²) < 4.78 is 0. The van der Waals surface area contributed by atoms with E-state index in [0.717, 1.165) is 5.56 Å². The molecule has 0 spiro atoms. The van der Waals surface area contributed by atoms with E-state index in [1.165, 1.54) is 0 Å². The summed E-state index contributed by atoms with van der Waals surface area (Å²) >= 11 is 5.88. The van der Waals surface area contributed by atoms with Gasteiger partial charge in [-0.15, -0.1) is 10.2 Å². The number of carbonyl (C=O) groups is 1. The molecule has 120 valence electrons. The Bertz CT molecular complexity index is 822. The Morgan fingerprint density at radius 1 is 0.917 bits per heavy atom. The number of halogens is 1. The molecule has 1 aromatic heterocycles. The van der Waals surface area contributed by atoms with Gasteiger partial charge in [-0.05, 0) is 35.9 Å². The third-order valence-electron chi connectivity index (χ3n) is 3.31. The second kappa shape index (κ2) is 7.57. The Hall–Kier alpha value is -2.92. The van der Waals surface area contributed by atoms with Crippen molar-refractivity contribution < 1.29 is 4.79 Å². The molecule has 0 aliphatic carbocycles. The summed E-state index contributed by atoms with van der Waals surface area (Å²) in [5.74, 6) is 0.738. The van der Waals surface area contributed by atoms with Crippen molar-refractivity contribution in [2.45, 2.75) is 6.54 Å². The average Bonchev–Trinajstić information content (AvgIpc) is 2.62. The molecule has 2 aromatic carbocycles. The topological polar surface area (TPSA) is 66.9 Å². The first-order valence-electron chi connectivity index (χ1n) is 7.39. The van der Waals surface area contributed by atoms with Crippen LogP contribution in [0, 0.1) is 0 Å². The maximum Gasteiger partial charge on any atom is 0.256 e. The van der Waals surface area contributed by atoms with E-state index >= 15 is 0 Å². The van der Waals surface area contributed by atoms with E-state index in [-0.39, 0.29) is 5.91 Å². The van der Waals surface area contributed by atoms with E-state index < -0.39 is 0 Å². The zero-order valence-electron chi connectivity index (χ0n) is 12.7. The molecule has 0 radical (unpaired) electrons. The van der Waals surface area contributed by atoms with Gasteiger partial charge in [-0.25, -0.2) is 0 Å². The molecule has 1 heterocycles. The number of nitrogens with one attached hydrogen (secondary N) is 2. The maximum atomic E-state index is 12.1. The van der Waals surface area contributed by atoms with Crippen LogP contribution in [0.2, 0.25) is 5.02 Å². The number of anilines is 2. The molecular formula is C18H15ClN4O. The van der Waals surface area contributed by atoms with Gasteiger partial charge in [0.1, 0.15) is 5.82 Å². The number of aromatic nitrogens is 2. The second-order valence-corrected chi connectivity index (χ2v) is 5.54. The summed E-state index contributed by atoms with van der Waals surface area (Å²) in [6, 6.07) is 20.2. The molecule has 6 heteroatoms. The average molecular weight is 339 g/mol. The van der Waals surface area contributed by atoms with Gasteiger partial charge in [-0.2, -0.15) is 0 Å². The molecule has 5 nitrogen and oxygen atoms in total. The van der Waals surface area contributed by atoms with Crippen molar-refractivity contribution in [2.24, 2.45) is 0 Å². The SMILES string of the molecule is O=C(Nc1ccc(NCc2ccccc2)nn1)c1cccc(Cl)c1. The number of hydrogen-bond donors (Lipinski definition) is 2. The van der Waals surface area contributed by atoms with E-state index in [2.05, 4.69) is 20.8 Å². The highest BCUT2D eigenvalue weighted by atomic mass is 35.5. The number of hydrogen-bond acceptors (Lipinski definition) is 4. The fraction of sp³-hybridized carbons (Fsp3) is 0.0556. The van der Waals surface area contributed by atoms with Crippen LogP contribution in [0.3, 0.4) is 0 Å². The van der Waals surface area contributed by atoms with Gasteiger partial charge in [0, 0.05) is 17.1 Å². The third kappa shape index (κ3) is 4.30. The van der Waals surface area contributed by atoms with E-state index in [4.69, 9.17) is 11.6 Å². The van der Waals surface area contributed by atoms with Crippen LogP contribution in [0.5, 0.6) is 0 Å². The number of rotatable bonds is 5. The van der Waals surface area contributed by atoms with Crippen molar-refractivity contribution in [3.8, 4) is 0 Å².